The fourth-order valence-corrected chi connectivity index (χ4v) is 2.13. The van der Waals surface area contributed by atoms with Gasteiger partial charge >= 0.3 is 0 Å². The van der Waals surface area contributed by atoms with Crippen molar-refractivity contribution in [3.05, 3.63) is 63.3 Å². The molecule has 1 N–H and O–H groups in total. The highest BCUT2D eigenvalue weighted by molar-refractivity contribution is 14.1. The van der Waals surface area contributed by atoms with E-state index in [2.05, 4.69) is 5.32 Å². The van der Waals surface area contributed by atoms with E-state index >= 15 is 0 Å². The summed E-state index contributed by atoms with van der Waals surface area (Å²) in [5.41, 5.74) is 0.0318. The Hall–Kier alpha value is -2.09. The van der Waals surface area contributed by atoms with Crippen LogP contribution in [-0.4, -0.2) is 11.9 Å². The van der Waals surface area contributed by atoms with Crippen LogP contribution in [0.5, 0.6) is 0 Å². The second-order valence-electron chi connectivity index (χ2n) is 3.79. The van der Waals surface area contributed by atoms with Crippen LogP contribution in [0.1, 0.15) is 16.1 Å². The molecule has 0 radical (unpaired) electrons. The molecule has 1 heterocycles. The van der Waals surface area contributed by atoms with E-state index in [1.807, 2.05) is 22.6 Å². The van der Waals surface area contributed by atoms with Gasteiger partial charge < -0.3 is 19.6 Å². The second kappa shape index (κ2) is 6.38. The van der Waals surface area contributed by atoms with E-state index in [0.29, 0.717) is 11.3 Å². The first-order valence-electron chi connectivity index (χ1n) is 5.60. The van der Waals surface area contributed by atoms with Crippen molar-refractivity contribution in [2.75, 3.05) is 0 Å². The zero-order valence-electron chi connectivity index (χ0n) is 10.1. The minimum absolute atomic E-state index is 0.312. The third-order valence-corrected chi connectivity index (χ3v) is 3.36. The summed E-state index contributed by atoms with van der Waals surface area (Å²) >= 11 is 2.00. The van der Waals surface area contributed by atoms with E-state index in [1.54, 1.807) is 36.4 Å². The molecule has 0 bridgehead atoms. The molecule has 0 spiro atoms. The molecule has 5 nitrogen and oxygen atoms in total. The van der Waals surface area contributed by atoms with Crippen LogP contribution < -0.4 is 10.4 Å². The van der Waals surface area contributed by atoms with E-state index in [9.17, 15) is 14.7 Å². The molecule has 102 valence electrons. The topological polar surface area (TPSA) is 82.4 Å². The van der Waals surface area contributed by atoms with Gasteiger partial charge in [-0.2, -0.15) is 0 Å². The zero-order valence-corrected chi connectivity index (χ0v) is 12.3. The molecular formula is C14H9INO4-. The van der Waals surface area contributed by atoms with Crippen LogP contribution in [-0.2, 0) is 4.79 Å². The Bertz CT molecular complexity index is 662. The van der Waals surface area contributed by atoms with Crippen molar-refractivity contribution in [3.8, 4) is 0 Å². The first-order valence-corrected chi connectivity index (χ1v) is 6.68. The lowest BCUT2D eigenvalue weighted by Crippen LogP contribution is -2.35. The predicted molar refractivity (Wildman–Crippen MR) is 78.3 cm³/mol. The summed E-state index contributed by atoms with van der Waals surface area (Å²) in [6.45, 7) is 0. The number of carbonyl (C=O) groups is 2. The van der Waals surface area contributed by atoms with Gasteiger partial charge in [0.15, 0.2) is 0 Å². The molecule has 1 aromatic heterocycles. The fraction of sp³-hybridized carbons (Fsp3) is 0. The Kier molecular flexibility index (Phi) is 4.57. The van der Waals surface area contributed by atoms with Crippen LogP contribution in [0.3, 0.4) is 0 Å². The molecule has 1 amide bonds. The van der Waals surface area contributed by atoms with E-state index in [1.165, 1.54) is 12.3 Å². The number of amides is 1. The van der Waals surface area contributed by atoms with E-state index in [4.69, 9.17) is 4.42 Å². The molecule has 2 rings (SSSR count). The minimum atomic E-state index is -1.49. The highest BCUT2D eigenvalue weighted by Crippen LogP contribution is 2.12. The second-order valence-corrected chi connectivity index (χ2v) is 4.96. The molecule has 2 aromatic rings. The van der Waals surface area contributed by atoms with Crippen LogP contribution in [0.15, 0.2) is 52.8 Å². The first-order chi connectivity index (χ1) is 9.58. The lowest BCUT2D eigenvalue weighted by Gasteiger charge is -2.11. The first kappa shape index (κ1) is 14.3. The van der Waals surface area contributed by atoms with Gasteiger partial charge in [-0.15, -0.1) is 0 Å². The van der Waals surface area contributed by atoms with Gasteiger partial charge in [0.05, 0.1) is 23.5 Å². The predicted octanol–water partition coefficient (Wildman–Crippen LogP) is 1.40. The summed E-state index contributed by atoms with van der Waals surface area (Å²) in [5, 5.41) is 13.3. The van der Waals surface area contributed by atoms with Crippen molar-refractivity contribution in [2.24, 2.45) is 0 Å². The molecule has 0 saturated heterocycles. The maximum Gasteiger partial charge on any atom is 0.256 e. The Morgan fingerprint density at radius 2 is 1.95 bits per heavy atom. The summed E-state index contributed by atoms with van der Waals surface area (Å²) in [6.07, 6.45) is 2.60. The number of furan rings is 1. The fourth-order valence-electron chi connectivity index (χ4n) is 1.50. The largest absolute Gasteiger partial charge is 0.543 e. The summed E-state index contributed by atoms with van der Waals surface area (Å²) < 4.78 is 5.73. The molecule has 0 aliphatic carbocycles. The normalized spacial score (nSPS) is 11.2. The van der Waals surface area contributed by atoms with Gasteiger partial charge in [0.1, 0.15) is 5.76 Å². The standard InChI is InChI=1S/C14H10INO4/c15-11-6-2-1-5-10(11)13(17)16-12(14(18)19)8-9-4-3-7-20-9/h1-8H,(H,16,17)(H,18,19)/p-1/b12-8+. The number of aliphatic carboxylic acids is 1. The molecule has 0 saturated carbocycles. The van der Waals surface area contributed by atoms with Gasteiger partial charge in [0.2, 0.25) is 0 Å². The van der Waals surface area contributed by atoms with Crippen molar-refractivity contribution in [2.45, 2.75) is 0 Å². The molecular weight excluding hydrogens is 373 g/mol. The highest BCUT2D eigenvalue weighted by Gasteiger charge is 2.11. The summed E-state index contributed by atoms with van der Waals surface area (Å²) in [4.78, 5) is 23.1. The van der Waals surface area contributed by atoms with Gasteiger partial charge in [-0.3, -0.25) is 4.79 Å². The van der Waals surface area contributed by atoms with Crippen molar-refractivity contribution in [1.29, 1.82) is 0 Å². The Labute approximate surface area is 128 Å². The number of hydrogen-bond donors (Lipinski definition) is 1. The van der Waals surface area contributed by atoms with Gasteiger partial charge in [-0.25, -0.2) is 0 Å². The molecule has 20 heavy (non-hydrogen) atoms. The Morgan fingerprint density at radius 1 is 1.20 bits per heavy atom. The third-order valence-electron chi connectivity index (χ3n) is 2.42. The molecule has 0 atom stereocenters. The van der Waals surface area contributed by atoms with Crippen LogP contribution in [0, 0.1) is 3.57 Å². The van der Waals surface area contributed by atoms with E-state index < -0.39 is 11.9 Å². The quantitative estimate of drug-likeness (QED) is 0.641. The SMILES string of the molecule is O=C([O-])/C(=C\c1ccco1)NC(=O)c1ccccc1I. The van der Waals surface area contributed by atoms with Crippen LogP contribution >= 0.6 is 22.6 Å². The number of halogens is 1. The number of hydrogen-bond acceptors (Lipinski definition) is 4. The molecule has 0 unspecified atom stereocenters. The highest BCUT2D eigenvalue weighted by atomic mass is 127. The number of carboxylic acid groups (broad SMARTS) is 1. The number of benzene rings is 1. The zero-order chi connectivity index (χ0) is 14.5. The van der Waals surface area contributed by atoms with Crippen LogP contribution in [0.25, 0.3) is 6.08 Å². The van der Waals surface area contributed by atoms with Crippen LogP contribution in [0.2, 0.25) is 0 Å². The minimum Gasteiger partial charge on any atom is -0.543 e. The van der Waals surface area contributed by atoms with E-state index in [-0.39, 0.29) is 5.70 Å². The van der Waals surface area contributed by atoms with E-state index in [0.717, 1.165) is 3.57 Å². The molecule has 0 fully saturated rings. The number of carbonyl (C=O) groups excluding carboxylic acids is 2. The maximum absolute atomic E-state index is 12.0. The van der Waals surface area contributed by atoms with Crippen molar-refractivity contribution in [3.63, 3.8) is 0 Å². The Balaban J connectivity index is 2.24. The van der Waals surface area contributed by atoms with Gasteiger partial charge in [-0.05, 0) is 46.9 Å². The van der Waals surface area contributed by atoms with Crippen LogP contribution in [0.4, 0.5) is 0 Å². The molecule has 1 aromatic carbocycles. The average molecular weight is 382 g/mol. The summed E-state index contributed by atoms with van der Waals surface area (Å²) in [6, 6.07) is 10.0. The lowest BCUT2D eigenvalue weighted by molar-refractivity contribution is -0.299. The molecule has 6 heteroatoms. The smallest absolute Gasteiger partial charge is 0.256 e. The number of nitrogens with one attached hydrogen (secondary N) is 1. The van der Waals surface area contributed by atoms with Gasteiger partial charge in [0, 0.05) is 9.65 Å². The van der Waals surface area contributed by atoms with Gasteiger partial charge in [0.25, 0.3) is 5.91 Å². The average Bonchev–Trinajstić information content (AvgIpc) is 2.91. The van der Waals surface area contributed by atoms with Crippen molar-refractivity contribution in [1.82, 2.24) is 5.32 Å². The number of carboxylic acids is 1. The van der Waals surface area contributed by atoms with Crippen molar-refractivity contribution >= 4 is 40.5 Å². The summed E-state index contributed by atoms with van der Waals surface area (Å²) in [7, 11) is 0. The monoisotopic (exact) mass is 382 g/mol. The summed E-state index contributed by atoms with van der Waals surface area (Å²) in [5.74, 6) is -1.69. The number of rotatable bonds is 4. The molecule has 0 aliphatic rings. The lowest BCUT2D eigenvalue weighted by atomic mass is 10.2. The molecule has 0 aliphatic heterocycles. The van der Waals surface area contributed by atoms with Crippen molar-refractivity contribution < 1.29 is 19.1 Å². The maximum atomic E-state index is 12.0. The third kappa shape index (κ3) is 3.47. The van der Waals surface area contributed by atoms with Gasteiger partial charge in [-0.1, -0.05) is 12.1 Å². The Morgan fingerprint density at radius 3 is 2.55 bits per heavy atom.